The van der Waals surface area contributed by atoms with E-state index in [1.807, 2.05) is 0 Å². The minimum absolute atomic E-state index is 0.0735. The molecule has 0 amide bonds. The Morgan fingerprint density at radius 2 is 2.33 bits per heavy atom. The van der Waals surface area contributed by atoms with Crippen LogP contribution in [0.25, 0.3) is 17.2 Å². The van der Waals surface area contributed by atoms with Crippen LogP contribution in [0.4, 0.5) is 0 Å². The molecule has 0 aliphatic heterocycles. The number of benzene rings is 1. The molecule has 5 heteroatoms. The summed E-state index contributed by atoms with van der Waals surface area (Å²) < 4.78 is 5.06. The first-order valence-corrected chi connectivity index (χ1v) is 4.50. The van der Waals surface area contributed by atoms with Gasteiger partial charge in [-0.05, 0) is 35.4 Å². The van der Waals surface area contributed by atoms with E-state index in [-0.39, 0.29) is 5.35 Å². The largest absolute Gasteiger partial charge is 0.478 e. The molecule has 0 spiro atoms. The van der Waals surface area contributed by atoms with Crippen LogP contribution in [0.1, 0.15) is 5.56 Å². The van der Waals surface area contributed by atoms with Gasteiger partial charge >= 0.3 is 5.97 Å². The summed E-state index contributed by atoms with van der Waals surface area (Å²) in [6.45, 7) is 0. The topological polar surface area (TPSA) is 63.3 Å². The van der Waals surface area contributed by atoms with E-state index in [0.717, 1.165) is 11.6 Å². The van der Waals surface area contributed by atoms with E-state index >= 15 is 0 Å². The lowest BCUT2D eigenvalue weighted by atomic mass is 10.2. The molecule has 0 saturated carbocycles. The van der Waals surface area contributed by atoms with Gasteiger partial charge in [-0.15, -0.1) is 0 Å². The Hall–Kier alpha value is -1.81. The zero-order valence-corrected chi connectivity index (χ0v) is 8.23. The molecule has 0 bridgehead atoms. The highest BCUT2D eigenvalue weighted by Crippen LogP contribution is 2.20. The minimum atomic E-state index is -0.992. The van der Waals surface area contributed by atoms with Gasteiger partial charge in [0.1, 0.15) is 5.52 Å². The van der Waals surface area contributed by atoms with Crippen LogP contribution < -0.4 is 0 Å². The first kappa shape index (κ1) is 9.73. The van der Waals surface area contributed by atoms with Gasteiger partial charge in [0.25, 0.3) is 5.35 Å². The van der Waals surface area contributed by atoms with E-state index in [2.05, 4.69) is 4.98 Å². The Morgan fingerprint density at radius 3 is 3.07 bits per heavy atom. The highest BCUT2D eigenvalue weighted by molar-refractivity contribution is 6.28. The third-order valence-corrected chi connectivity index (χ3v) is 1.97. The Morgan fingerprint density at radius 1 is 1.53 bits per heavy atom. The fourth-order valence-corrected chi connectivity index (χ4v) is 1.36. The Bertz CT molecular complexity index is 545. The molecule has 1 aromatic carbocycles. The van der Waals surface area contributed by atoms with Crippen LogP contribution in [-0.4, -0.2) is 16.1 Å². The zero-order chi connectivity index (χ0) is 10.8. The number of carbonyl (C=O) groups is 1. The standard InChI is InChI=1S/C10H6ClNO3/c11-10-12-7-5-6(2-4-9(13)14)1-3-8(7)15-10/h1-5H,(H,13,14)/b4-2+. The van der Waals surface area contributed by atoms with Crippen molar-refractivity contribution in [1.82, 2.24) is 4.98 Å². The molecule has 1 N–H and O–H groups in total. The average Bonchev–Trinajstić information content (AvgIpc) is 2.53. The number of hydrogen-bond acceptors (Lipinski definition) is 3. The third kappa shape index (κ3) is 2.16. The van der Waals surface area contributed by atoms with Gasteiger partial charge in [-0.2, -0.15) is 4.98 Å². The number of hydrogen-bond donors (Lipinski definition) is 1. The van der Waals surface area contributed by atoms with Gasteiger partial charge in [0.15, 0.2) is 5.58 Å². The molecule has 4 nitrogen and oxygen atoms in total. The van der Waals surface area contributed by atoms with Crippen LogP contribution in [0, 0.1) is 0 Å². The Kier molecular flexibility index (Phi) is 2.43. The van der Waals surface area contributed by atoms with Gasteiger partial charge in [0.05, 0.1) is 0 Å². The number of nitrogens with zero attached hydrogens (tertiary/aromatic N) is 1. The lowest BCUT2D eigenvalue weighted by Gasteiger charge is -1.90. The van der Waals surface area contributed by atoms with Crippen LogP contribution in [-0.2, 0) is 4.79 Å². The lowest BCUT2D eigenvalue weighted by Crippen LogP contribution is -1.85. The fourth-order valence-electron chi connectivity index (χ4n) is 1.19. The third-order valence-electron chi connectivity index (χ3n) is 1.80. The van der Waals surface area contributed by atoms with Gasteiger partial charge in [-0.3, -0.25) is 0 Å². The van der Waals surface area contributed by atoms with E-state index in [0.29, 0.717) is 11.1 Å². The minimum Gasteiger partial charge on any atom is -0.478 e. The predicted octanol–water partition coefficient (Wildman–Crippen LogP) is 2.58. The van der Waals surface area contributed by atoms with Crippen molar-refractivity contribution in [2.24, 2.45) is 0 Å². The number of halogens is 1. The molecule has 0 atom stereocenters. The van der Waals surface area contributed by atoms with Crippen LogP contribution in [0.2, 0.25) is 5.35 Å². The fraction of sp³-hybridized carbons (Fsp3) is 0. The molecule has 76 valence electrons. The van der Waals surface area contributed by atoms with E-state index in [1.165, 1.54) is 6.08 Å². The van der Waals surface area contributed by atoms with Crippen molar-refractivity contribution in [3.05, 3.63) is 35.2 Å². The van der Waals surface area contributed by atoms with Gasteiger partial charge < -0.3 is 9.52 Å². The molecule has 0 aliphatic rings. The SMILES string of the molecule is O=C(O)/C=C/c1ccc2oc(Cl)nc2c1. The van der Waals surface area contributed by atoms with Crippen LogP contribution in [0.15, 0.2) is 28.7 Å². The van der Waals surface area contributed by atoms with Crippen LogP contribution >= 0.6 is 11.6 Å². The average molecular weight is 224 g/mol. The highest BCUT2D eigenvalue weighted by atomic mass is 35.5. The van der Waals surface area contributed by atoms with Crippen molar-refractivity contribution in [3.63, 3.8) is 0 Å². The van der Waals surface area contributed by atoms with Gasteiger partial charge in [-0.25, -0.2) is 4.79 Å². The maximum Gasteiger partial charge on any atom is 0.328 e. The maximum atomic E-state index is 10.3. The molecule has 0 fully saturated rings. The molecule has 0 saturated heterocycles. The molecule has 1 aromatic heterocycles. The molecule has 0 unspecified atom stereocenters. The summed E-state index contributed by atoms with van der Waals surface area (Å²) in [5, 5.41) is 8.52. The van der Waals surface area contributed by atoms with E-state index < -0.39 is 5.97 Å². The summed E-state index contributed by atoms with van der Waals surface area (Å²) in [7, 11) is 0. The molecule has 15 heavy (non-hydrogen) atoms. The second-order valence-corrected chi connectivity index (χ2v) is 3.19. The number of carboxylic acid groups (broad SMARTS) is 1. The van der Waals surface area contributed by atoms with Crippen molar-refractivity contribution in [2.75, 3.05) is 0 Å². The maximum absolute atomic E-state index is 10.3. The van der Waals surface area contributed by atoms with Crippen molar-refractivity contribution < 1.29 is 14.3 Å². The monoisotopic (exact) mass is 223 g/mol. The summed E-state index contributed by atoms with van der Waals surface area (Å²) in [6.07, 6.45) is 2.53. The Labute approximate surface area is 89.8 Å². The normalized spacial score (nSPS) is 11.3. The number of aromatic nitrogens is 1. The van der Waals surface area contributed by atoms with Crippen molar-refractivity contribution in [2.45, 2.75) is 0 Å². The number of aliphatic carboxylic acids is 1. The number of rotatable bonds is 2. The second-order valence-electron chi connectivity index (χ2n) is 2.87. The van der Waals surface area contributed by atoms with Crippen molar-refractivity contribution in [3.8, 4) is 0 Å². The zero-order valence-electron chi connectivity index (χ0n) is 7.48. The molecular formula is C10H6ClNO3. The van der Waals surface area contributed by atoms with Gasteiger partial charge in [0, 0.05) is 6.08 Å². The number of oxazole rings is 1. The first-order chi connectivity index (χ1) is 7.15. The van der Waals surface area contributed by atoms with Gasteiger partial charge in [-0.1, -0.05) is 6.07 Å². The summed E-state index contributed by atoms with van der Waals surface area (Å²) in [6, 6.07) is 5.11. The van der Waals surface area contributed by atoms with E-state index in [1.54, 1.807) is 18.2 Å². The number of fused-ring (bicyclic) bond motifs is 1. The first-order valence-electron chi connectivity index (χ1n) is 4.12. The van der Waals surface area contributed by atoms with Gasteiger partial charge in [0.2, 0.25) is 0 Å². The molecule has 2 rings (SSSR count). The molecule has 2 aromatic rings. The summed E-state index contributed by atoms with van der Waals surface area (Å²) in [5.74, 6) is -0.992. The predicted molar refractivity (Wildman–Crippen MR) is 55.7 cm³/mol. The summed E-state index contributed by atoms with van der Waals surface area (Å²) >= 11 is 5.57. The van der Waals surface area contributed by atoms with Crippen LogP contribution in [0.5, 0.6) is 0 Å². The van der Waals surface area contributed by atoms with Crippen molar-refractivity contribution >= 4 is 34.7 Å². The molecule has 1 heterocycles. The number of carboxylic acids is 1. The summed E-state index contributed by atoms with van der Waals surface area (Å²) in [4.78, 5) is 14.2. The summed E-state index contributed by atoms with van der Waals surface area (Å²) in [5.41, 5.74) is 1.91. The quantitative estimate of drug-likeness (QED) is 0.795. The molecule has 0 aliphatic carbocycles. The Balaban J connectivity index is 2.42. The smallest absolute Gasteiger partial charge is 0.328 e. The molecular weight excluding hydrogens is 218 g/mol. The van der Waals surface area contributed by atoms with E-state index in [4.69, 9.17) is 21.1 Å². The van der Waals surface area contributed by atoms with Crippen molar-refractivity contribution in [1.29, 1.82) is 0 Å². The molecule has 0 radical (unpaired) electrons. The van der Waals surface area contributed by atoms with Crippen LogP contribution in [0.3, 0.4) is 0 Å². The highest BCUT2D eigenvalue weighted by Gasteiger charge is 2.02. The second kappa shape index (κ2) is 3.74. The lowest BCUT2D eigenvalue weighted by molar-refractivity contribution is -0.131. The van der Waals surface area contributed by atoms with E-state index in [9.17, 15) is 4.79 Å².